The molecule has 0 saturated carbocycles. The van der Waals surface area contributed by atoms with Crippen molar-refractivity contribution in [3.8, 4) is 0 Å². The minimum absolute atomic E-state index is 0.181. The number of aromatic nitrogens is 2. The summed E-state index contributed by atoms with van der Waals surface area (Å²) >= 11 is 0. The van der Waals surface area contributed by atoms with Crippen molar-refractivity contribution in [1.29, 1.82) is 0 Å². The van der Waals surface area contributed by atoms with Crippen molar-refractivity contribution in [3.05, 3.63) is 47.7 Å². The van der Waals surface area contributed by atoms with Crippen LogP contribution in [0.25, 0.3) is 0 Å². The van der Waals surface area contributed by atoms with Crippen LogP contribution in [0.1, 0.15) is 16.1 Å². The van der Waals surface area contributed by atoms with Crippen LogP contribution in [0.3, 0.4) is 0 Å². The highest BCUT2D eigenvalue weighted by Crippen LogP contribution is 2.32. The number of para-hydroxylation sites is 1. The third kappa shape index (κ3) is 3.68. The zero-order valence-corrected chi connectivity index (χ0v) is 14.7. The molecule has 1 amide bonds. The first-order chi connectivity index (χ1) is 12.8. The van der Waals surface area contributed by atoms with Gasteiger partial charge in [0.25, 0.3) is 5.91 Å². The van der Waals surface area contributed by atoms with Crippen LogP contribution in [0.4, 0.5) is 11.5 Å². The van der Waals surface area contributed by atoms with Gasteiger partial charge in [-0.25, -0.2) is 0 Å². The zero-order valence-electron chi connectivity index (χ0n) is 14.7. The van der Waals surface area contributed by atoms with E-state index >= 15 is 0 Å². The highest BCUT2D eigenvalue weighted by molar-refractivity contribution is 5.92. The van der Waals surface area contributed by atoms with Gasteiger partial charge in [-0.3, -0.25) is 9.69 Å². The number of fused-ring (bicyclic) bond motifs is 1. The number of benzene rings is 1. The predicted molar refractivity (Wildman–Crippen MR) is 98.8 cm³/mol. The van der Waals surface area contributed by atoms with E-state index in [1.807, 2.05) is 12.1 Å². The summed E-state index contributed by atoms with van der Waals surface area (Å²) in [6.07, 6.45) is 1.00. The van der Waals surface area contributed by atoms with Gasteiger partial charge in [-0.2, -0.15) is 0 Å². The van der Waals surface area contributed by atoms with Crippen LogP contribution < -0.4 is 10.2 Å². The van der Waals surface area contributed by atoms with E-state index in [0.717, 1.165) is 51.6 Å². The molecule has 1 aromatic carbocycles. The van der Waals surface area contributed by atoms with Crippen LogP contribution in [0.2, 0.25) is 0 Å². The number of rotatable bonds is 5. The molecule has 4 rings (SSSR count). The van der Waals surface area contributed by atoms with Crippen LogP contribution in [0.5, 0.6) is 0 Å². The van der Waals surface area contributed by atoms with Crippen molar-refractivity contribution in [2.75, 3.05) is 50.8 Å². The average molecular weight is 353 g/mol. The molecule has 0 unspecified atom stereocenters. The van der Waals surface area contributed by atoms with Crippen molar-refractivity contribution in [1.82, 2.24) is 20.4 Å². The predicted octanol–water partition coefficient (Wildman–Crippen LogP) is 1.23. The normalized spacial score (nSPS) is 17.2. The van der Waals surface area contributed by atoms with Gasteiger partial charge in [-0.15, -0.1) is 10.2 Å². The SMILES string of the molecule is O=C(NCCN1CCOCC1)c1ccc(N2CCc3ccccc32)nn1. The van der Waals surface area contributed by atoms with Gasteiger partial charge in [0, 0.05) is 38.4 Å². The molecule has 26 heavy (non-hydrogen) atoms. The smallest absolute Gasteiger partial charge is 0.271 e. The number of anilines is 2. The van der Waals surface area contributed by atoms with Crippen molar-refractivity contribution >= 4 is 17.4 Å². The lowest BCUT2D eigenvalue weighted by molar-refractivity contribution is 0.0383. The second-order valence-corrected chi connectivity index (χ2v) is 6.52. The molecule has 7 heteroatoms. The molecule has 2 aromatic rings. The molecule has 0 atom stereocenters. The third-order valence-corrected chi connectivity index (χ3v) is 4.86. The van der Waals surface area contributed by atoms with Crippen LogP contribution in [-0.2, 0) is 11.2 Å². The number of amides is 1. The molecular weight excluding hydrogens is 330 g/mol. The van der Waals surface area contributed by atoms with E-state index < -0.39 is 0 Å². The Hall–Kier alpha value is -2.51. The first-order valence-electron chi connectivity index (χ1n) is 9.09. The van der Waals surface area contributed by atoms with Crippen LogP contribution in [0.15, 0.2) is 36.4 Å². The summed E-state index contributed by atoms with van der Waals surface area (Å²) in [5.41, 5.74) is 2.84. The van der Waals surface area contributed by atoms with Gasteiger partial charge in [0.1, 0.15) is 0 Å². The van der Waals surface area contributed by atoms with Gasteiger partial charge in [-0.1, -0.05) is 18.2 Å². The maximum atomic E-state index is 12.2. The molecule has 3 heterocycles. The Balaban J connectivity index is 1.33. The Morgan fingerprint density at radius 1 is 1.08 bits per heavy atom. The van der Waals surface area contributed by atoms with Crippen LogP contribution in [0, 0.1) is 0 Å². The Labute approximate surface area is 153 Å². The number of nitrogens with one attached hydrogen (secondary N) is 1. The fourth-order valence-corrected chi connectivity index (χ4v) is 3.41. The third-order valence-electron chi connectivity index (χ3n) is 4.86. The lowest BCUT2D eigenvalue weighted by Crippen LogP contribution is -2.41. The maximum Gasteiger partial charge on any atom is 0.271 e. The molecule has 1 fully saturated rings. The van der Waals surface area contributed by atoms with E-state index in [1.54, 1.807) is 6.07 Å². The second kappa shape index (κ2) is 7.80. The standard InChI is InChI=1S/C19H23N5O2/c25-19(20-8-10-23-11-13-26-14-12-23)16-5-6-18(22-21-16)24-9-7-15-3-1-2-4-17(15)24/h1-6H,7-14H2,(H,20,25). The van der Waals surface area contributed by atoms with E-state index in [4.69, 9.17) is 4.74 Å². The number of carbonyl (C=O) groups excluding carboxylic acids is 1. The van der Waals surface area contributed by atoms with Gasteiger partial charge in [0.2, 0.25) is 0 Å². The highest BCUT2D eigenvalue weighted by atomic mass is 16.5. The largest absolute Gasteiger partial charge is 0.379 e. The summed E-state index contributed by atoms with van der Waals surface area (Å²) in [5.74, 6) is 0.596. The monoisotopic (exact) mass is 353 g/mol. The molecule has 2 aliphatic rings. The summed E-state index contributed by atoms with van der Waals surface area (Å²) in [5, 5.41) is 11.3. The molecule has 0 radical (unpaired) electrons. The Morgan fingerprint density at radius 3 is 2.73 bits per heavy atom. The number of hydrogen-bond donors (Lipinski definition) is 1. The maximum absolute atomic E-state index is 12.2. The van der Waals surface area contributed by atoms with E-state index in [1.165, 1.54) is 11.3 Å². The summed E-state index contributed by atoms with van der Waals surface area (Å²) in [6, 6.07) is 11.9. The number of carbonyl (C=O) groups is 1. The minimum atomic E-state index is -0.181. The van der Waals surface area contributed by atoms with E-state index in [9.17, 15) is 4.79 Å². The molecule has 0 aliphatic carbocycles. The van der Waals surface area contributed by atoms with Crippen molar-refractivity contribution in [2.45, 2.75) is 6.42 Å². The average Bonchev–Trinajstić information content (AvgIpc) is 3.13. The Bertz CT molecular complexity index is 759. The van der Waals surface area contributed by atoms with E-state index in [0.29, 0.717) is 12.2 Å². The van der Waals surface area contributed by atoms with Crippen molar-refractivity contribution in [2.24, 2.45) is 0 Å². The minimum Gasteiger partial charge on any atom is -0.379 e. The molecule has 136 valence electrons. The van der Waals surface area contributed by atoms with Gasteiger partial charge in [-0.05, 0) is 30.2 Å². The number of morpholine rings is 1. The fraction of sp³-hybridized carbons (Fsp3) is 0.421. The van der Waals surface area contributed by atoms with E-state index in [2.05, 4.69) is 43.5 Å². The molecule has 1 N–H and O–H groups in total. The first-order valence-corrected chi connectivity index (χ1v) is 9.09. The van der Waals surface area contributed by atoms with Crippen molar-refractivity contribution < 1.29 is 9.53 Å². The highest BCUT2D eigenvalue weighted by Gasteiger charge is 2.21. The summed E-state index contributed by atoms with van der Waals surface area (Å²) in [6.45, 7) is 5.68. The molecular formula is C19H23N5O2. The van der Waals surface area contributed by atoms with Gasteiger partial charge < -0.3 is 15.0 Å². The lowest BCUT2D eigenvalue weighted by atomic mass is 10.2. The molecule has 0 spiro atoms. The summed E-state index contributed by atoms with van der Waals surface area (Å²) in [7, 11) is 0. The lowest BCUT2D eigenvalue weighted by Gasteiger charge is -2.26. The Kier molecular flexibility index (Phi) is 5.08. The van der Waals surface area contributed by atoms with Crippen LogP contribution >= 0.6 is 0 Å². The first kappa shape index (κ1) is 16.9. The quantitative estimate of drug-likeness (QED) is 0.872. The van der Waals surface area contributed by atoms with Gasteiger partial charge in [0.15, 0.2) is 11.5 Å². The van der Waals surface area contributed by atoms with Gasteiger partial charge >= 0.3 is 0 Å². The van der Waals surface area contributed by atoms with E-state index in [-0.39, 0.29) is 5.91 Å². The zero-order chi connectivity index (χ0) is 17.8. The second-order valence-electron chi connectivity index (χ2n) is 6.52. The fourth-order valence-electron chi connectivity index (χ4n) is 3.41. The summed E-state index contributed by atoms with van der Waals surface area (Å²) < 4.78 is 5.32. The van der Waals surface area contributed by atoms with Gasteiger partial charge in [0.05, 0.1) is 13.2 Å². The van der Waals surface area contributed by atoms with Crippen molar-refractivity contribution in [3.63, 3.8) is 0 Å². The number of hydrogen-bond acceptors (Lipinski definition) is 6. The molecule has 0 bridgehead atoms. The molecule has 7 nitrogen and oxygen atoms in total. The Morgan fingerprint density at radius 2 is 1.92 bits per heavy atom. The summed E-state index contributed by atoms with van der Waals surface area (Å²) in [4.78, 5) is 16.7. The van der Waals surface area contributed by atoms with Crippen LogP contribution in [-0.4, -0.2) is 66.9 Å². The molecule has 1 saturated heterocycles. The molecule has 2 aliphatic heterocycles. The number of nitrogens with zero attached hydrogens (tertiary/aromatic N) is 4. The topological polar surface area (TPSA) is 70.6 Å². The molecule has 1 aromatic heterocycles. The number of ether oxygens (including phenoxy) is 1.